The molecule has 15 heteroatoms. The molecule has 31 heavy (non-hydrogen) atoms. The number of carbonyl (C=O) groups excluding carboxylic acids is 3. The molecule has 3 amide bonds. The van der Waals surface area contributed by atoms with Crippen molar-refractivity contribution in [2.24, 2.45) is 22.2 Å². The van der Waals surface area contributed by atoms with Gasteiger partial charge < -0.3 is 48.5 Å². The Hall–Kier alpha value is -3.46. The van der Waals surface area contributed by atoms with E-state index in [1.54, 1.807) is 0 Å². The summed E-state index contributed by atoms with van der Waals surface area (Å²) < 4.78 is 0. The smallest absolute Gasteiger partial charge is 0.322 e. The molecule has 3 unspecified atom stereocenters. The molecular formula is C16H29N7O8. The maximum atomic E-state index is 12.3. The molecule has 0 aliphatic carbocycles. The number of amides is 3. The van der Waals surface area contributed by atoms with Gasteiger partial charge in [0, 0.05) is 13.0 Å². The van der Waals surface area contributed by atoms with E-state index in [-0.39, 0.29) is 25.3 Å². The van der Waals surface area contributed by atoms with E-state index < -0.39 is 67.4 Å². The van der Waals surface area contributed by atoms with Gasteiger partial charge in [0.2, 0.25) is 17.7 Å². The zero-order chi connectivity index (χ0) is 24.0. The largest absolute Gasteiger partial charge is 0.481 e. The average molecular weight is 447 g/mol. The van der Waals surface area contributed by atoms with E-state index in [0.29, 0.717) is 6.42 Å². The van der Waals surface area contributed by atoms with Crippen LogP contribution >= 0.6 is 0 Å². The minimum Gasteiger partial charge on any atom is -0.481 e. The van der Waals surface area contributed by atoms with Crippen LogP contribution in [0.15, 0.2) is 4.99 Å². The lowest BCUT2D eigenvalue weighted by molar-refractivity contribution is -0.140. The second-order valence-corrected chi connectivity index (χ2v) is 6.40. The highest BCUT2D eigenvalue weighted by Crippen LogP contribution is 2.01. The third-order valence-corrected chi connectivity index (χ3v) is 3.81. The Bertz CT molecular complexity index is 681. The second-order valence-electron chi connectivity index (χ2n) is 6.40. The first-order chi connectivity index (χ1) is 14.5. The monoisotopic (exact) mass is 447 g/mol. The van der Waals surface area contributed by atoms with Crippen LogP contribution in [0.3, 0.4) is 0 Å². The number of carbonyl (C=O) groups is 5. The number of nitrogens with two attached hydrogens (primary N) is 3. The van der Waals surface area contributed by atoms with E-state index in [1.807, 2.05) is 5.32 Å². The fourth-order valence-electron chi connectivity index (χ4n) is 2.22. The van der Waals surface area contributed by atoms with Gasteiger partial charge >= 0.3 is 11.9 Å². The first-order valence-electron chi connectivity index (χ1n) is 9.21. The molecule has 0 spiro atoms. The van der Waals surface area contributed by atoms with Crippen molar-refractivity contribution in [2.75, 3.05) is 19.7 Å². The number of hydrogen-bond donors (Lipinski definition) is 9. The first kappa shape index (κ1) is 27.5. The molecule has 0 aromatic heterocycles. The number of nitrogens with one attached hydrogen (secondary N) is 3. The van der Waals surface area contributed by atoms with Gasteiger partial charge in [-0.15, -0.1) is 0 Å². The number of aliphatic hydroxyl groups excluding tert-OH is 1. The Labute approximate surface area is 177 Å². The molecule has 0 rings (SSSR count). The van der Waals surface area contributed by atoms with Gasteiger partial charge in [0.05, 0.1) is 12.6 Å². The summed E-state index contributed by atoms with van der Waals surface area (Å²) in [6.45, 7) is -1.34. The standard InChI is InChI=1S/C16H29N7O8/c17-8(2-1-5-20-16(18)19)13(29)23-10(7-24)15(31)22-9(3-4-11(25)26)14(30)21-6-12(27)28/h8-10,24H,1-7,17H2,(H,21,30)(H,22,31)(H,23,29)(H,25,26)(H,27,28)(H4,18,19,20). The van der Waals surface area contributed by atoms with E-state index in [0.717, 1.165) is 0 Å². The lowest BCUT2D eigenvalue weighted by Crippen LogP contribution is -2.57. The SMILES string of the molecule is NC(N)=NCCCC(N)C(=O)NC(CO)C(=O)NC(CCC(=O)O)C(=O)NCC(=O)O. The quantitative estimate of drug-likeness (QED) is 0.0654. The highest BCUT2D eigenvalue weighted by atomic mass is 16.4. The molecule has 0 heterocycles. The highest BCUT2D eigenvalue weighted by Gasteiger charge is 2.28. The van der Waals surface area contributed by atoms with Crippen molar-refractivity contribution in [1.29, 1.82) is 0 Å². The molecule has 12 N–H and O–H groups in total. The minimum atomic E-state index is -1.48. The third-order valence-electron chi connectivity index (χ3n) is 3.81. The van der Waals surface area contributed by atoms with Crippen LogP contribution in [-0.2, 0) is 24.0 Å². The summed E-state index contributed by atoms with van der Waals surface area (Å²) in [5, 5.41) is 33.2. The zero-order valence-corrected chi connectivity index (χ0v) is 16.7. The van der Waals surface area contributed by atoms with Crippen molar-refractivity contribution >= 4 is 35.6 Å². The fourth-order valence-corrected chi connectivity index (χ4v) is 2.22. The van der Waals surface area contributed by atoms with Gasteiger partial charge in [-0.05, 0) is 19.3 Å². The summed E-state index contributed by atoms with van der Waals surface area (Å²) >= 11 is 0. The Morgan fingerprint density at radius 3 is 2.00 bits per heavy atom. The Kier molecular flexibility index (Phi) is 12.9. The summed E-state index contributed by atoms with van der Waals surface area (Å²) in [7, 11) is 0. The van der Waals surface area contributed by atoms with Gasteiger partial charge in [-0.3, -0.25) is 29.0 Å². The lowest BCUT2D eigenvalue weighted by Gasteiger charge is -2.22. The molecule has 0 fully saturated rings. The van der Waals surface area contributed by atoms with Gasteiger partial charge in [0.15, 0.2) is 5.96 Å². The van der Waals surface area contributed by atoms with Crippen LogP contribution in [0.2, 0.25) is 0 Å². The van der Waals surface area contributed by atoms with Gasteiger partial charge in [0.25, 0.3) is 0 Å². The topological polar surface area (TPSA) is 273 Å². The molecule has 0 aliphatic heterocycles. The normalized spacial score (nSPS) is 13.2. The van der Waals surface area contributed by atoms with Crippen LogP contribution in [0.25, 0.3) is 0 Å². The molecule has 0 radical (unpaired) electrons. The molecule has 3 atom stereocenters. The van der Waals surface area contributed by atoms with Crippen LogP contribution in [-0.4, -0.2) is 88.8 Å². The molecule has 0 aromatic rings. The van der Waals surface area contributed by atoms with Crippen molar-refractivity contribution in [3.8, 4) is 0 Å². The Morgan fingerprint density at radius 2 is 1.48 bits per heavy atom. The van der Waals surface area contributed by atoms with Gasteiger partial charge in [0.1, 0.15) is 18.6 Å². The number of aliphatic hydroxyl groups is 1. The van der Waals surface area contributed by atoms with E-state index >= 15 is 0 Å². The predicted octanol–water partition coefficient (Wildman–Crippen LogP) is -4.61. The van der Waals surface area contributed by atoms with Crippen molar-refractivity contribution in [1.82, 2.24) is 16.0 Å². The summed E-state index contributed by atoms with van der Waals surface area (Å²) in [5.41, 5.74) is 16.1. The maximum Gasteiger partial charge on any atom is 0.322 e. The lowest BCUT2D eigenvalue weighted by atomic mass is 10.1. The number of guanidine groups is 1. The molecule has 0 aliphatic rings. The van der Waals surface area contributed by atoms with Crippen molar-refractivity contribution in [3.05, 3.63) is 0 Å². The number of carboxylic acids is 2. The average Bonchev–Trinajstić information content (AvgIpc) is 2.69. The van der Waals surface area contributed by atoms with Crippen molar-refractivity contribution < 1.29 is 39.3 Å². The van der Waals surface area contributed by atoms with Gasteiger partial charge in [-0.1, -0.05) is 0 Å². The minimum absolute atomic E-state index is 0.111. The van der Waals surface area contributed by atoms with Gasteiger partial charge in [-0.2, -0.15) is 0 Å². The van der Waals surface area contributed by atoms with Gasteiger partial charge in [-0.25, -0.2) is 0 Å². The van der Waals surface area contributed by atoms with Crippen molar-refractivity contribution in [3.63, 3.8) is 0 Å². The summed E-state index contributed by atoms with van der Waals surface area (Å²) in [6, 6.07) is -3.91. The number of hydrogen-bond acceptors (Lipinski definition) is 8. The number of aliphatic imine (C=N–C) groups is 1. The molecule has 15 nitrogen and oxygen atoms in total. The molecular weight excluding hydrogens is 418 g/mol. The van der Waals surface area contributed by atoms with Crippen LogP contribution in [0.1, 0.15) is 25.7 Å². The summed E-state index contributed by atoms with van der Waals surface area (Å²) in [4.78, 5) is 61.6. The molecule has 176 valence electrons. The first-order valence-corrected chi connectivity index (χ1v) is 9.21. The van der Waals surface area contributed by atoms with E-state index in [9.17, 15) is 29.1 Å². The number of rotatable bonds is 15. The predicted molar refractivity (Wildman–Crippen MR) is 106 cm³/mol. The molecule has 0 saturated heterocycles. The third kappa shape index (κ3) is 12.7. The van der Waals surface area contributed by atoms with Crippen LogP contribution in [0.5, 0.6) is 0 Å². The molecule has 0 bridgehead atoms. The fraction of sp³-hybridized carbons (Fsp3) is 0.625. The Morgan fingerprint density at radius 1 is 0.871 bits per heavy atom. The van der Waals surface area contributed by atoms with Crippen LogP contribution < -0.4 is 33.2 Å². The van der Waals surface area contributed by atoms with Crippen LogP contribution in [0, 0.1) is 0 Å². The number of nitrogens with zero attached hydrogens (tertiary/aromatic N) is 1. The van der Waals surface area contributed by atoms with E-state index in [1.165, 1.54) is 0 Å². The summed E-state index contributed by atoms with van der Waals surface area (Å²) in [5.74, 6) is -5.37. The van der Waals surface area contributed by atoms with E-state index in [4.69, 9.17) is 27.4 Å². The van der Waals surface area contributed by atoms with E-state index in [2.05, 4.69) is 15.6 Å². The highest BCUT2D eigenvalue weighted by molar-refractivity contribution is 5.93. The zero-order valence-electron chi connectivity index (χ0n) is 16.7. The second kappa shape index (κ2) is 14.5. The maximum absolute atomic E-state index is 12.3. The number of carboxylic acid groups (broad SMARTS) is 2. The Balaban J connectivity index is 4.91. The molecule has 0 saturated carbocycles. The van der Waals surface area contributed by atoms with Crippen molar-refractivity contribution in [2.45, 2.75) is 43.8 Å². The van der Waals surface area contributed by atoms with Crippen LogP contribution in [0.4, 0.5) is 0 Å². The number of aliphatic carboxylic acids is 2. The summed E-state index contributed by atoms with van der Waals surface area (Å²) in [6.07, 6.45) is -0.282. The molecule has 0 aromatic carbocycles.